The molecule has 0 aromatic heterocycles. The largest absolute Gasteiger partial charge is 0.507 e. The molecule has 1 amide bonds. The van der Waals surface area contributed by atoms with Crippen LogP contribution in [0.25, 0.3) is 5.76 Å². The van der Waals surface area contributed by atoms with Crippen molar-refractivity contribution in [1.82, 2.24) is 4.90 Å². The predicted molar refractivity (Wildman–Crippen MR) is 108 cm³/mol. The van der Waals surface area contributed by atoms with Crippen molar-refractivity contribution in [2.75, 3.05) is 6.54 Å². The minimum atomic E-state index is -0.849. The van der Waals surface area contributed by atoms with E-state index in [0.29, 0.717) is 31.4 Å². The van der Waals surface area contributed by atoms with E-state index in [1.165, 1.54) is 4.90 Å². The molecule has 150 valence electrons. The number of unbranched alkanes of at least 4 members (excludes halogenated alkanes) is 2. The molecule has 1 atom stereocenters. The van der Waals surface area contributed by atoms with Crippen LogP contribution in [-0.2, 0) is 14.4 Å². The number of carbonyl (C=O) groups is 3. The van der Waals surface area contributed by atoms with E-state index in [4.69, 9.17) is 5.11 Å². The molecule has 0 spiro atoms. The number of aliphatic carboxylic acids is 1. The van der Waals surface area contributed by atoms with Crippen molar-refractivity contribution in [3.63, 3.8) is 0 Å². The van der Waals surface area contributed by atoms with Gasteiger partial charge in [0, 0.05) is 18.5 Å². The summed E-state index contributed by atoms with van der Waals surface area (Å²) in [6, 6.07) is 17.2. The molecule has 0 aliphatic carbocycles. The Labute approximate surface area is 169 Å². The van der Waals surface area contributed by atoms with E-state index in [1.807, 2.05) is 30.3 Å². The summed E-state index contributed by atoms with van der Waals surface area (Å²) in [5, 5.41) is 19.6. The van der Waals surface area contributed by atoms with Crippen LogP contribution in [-0.4, -0.2) is 39.3 Å². The summed E-state index contributed by atoms with van der Waals surface area (Å²) in [5.41, 5.74) is 1.31. The number of aliphatic hydroxyl groups excluding tert-OH is 1. The van der Waals surface area contributed by atoms with Crippen molar-refractivity contribution in [2.24, 2.45) is 0 Å². The molecule has 1 aliphatic heterocycles. The SMILES string of the molecule is O=C(O)CCCCCN1C(=O)C(=O)/C(=C(\O)c2ccccc2)C1c1ccccc1. The molecule has 3 rings (SSSR count). The number of benzene rings is 2. The Kier molecular flexibility index (Phi) is 6.44. The van der Waals surface area contributed by atoms with Crippen LogP contribution in [0.15, 0.2) is 66.2 Å². The van der Waals surface area contributed by atoms with E-state index in [0.717, 1.165) is 5.56 Å². The van der Waals surface area contributed by atoms with Gasteiger partial charge in [-0.15, -0.1) is 0 Å². The van der Waals surface area contributed by atoms with Crippen LogP contribution in [0.5, 0.6) is 0 Å². The van der Waals surface area contributed by atoms with Crippen molar-refractivity contribution in [3.05, 3.63) is 77.4 Å². The maximum atomic E-state index is 12.8. The molecule has 0 bridgehead atoms. The van der Waals surface area contributed by atoms with Crippen LogP contribution in [0.1, 0.15) is 42.9 Å². The van der Waals surface area contributed by atoms with Gasteiger partial charge in [0.05, 0.1) is 11.6 Å². The van der Waals surface area contributed by atoms with Crippen molar-refractivity contribution in [3.8, 4) is 0 Å². The smallest absolute Gasteiger partial charge is 0.303 e. The summed E-state index contributed by atoms with van der Waals surface area (Å²) >= 11 is 0. The van der Waals surface area contributed by atoms with Crippen LogP contribution < -0.4 is 0 Å². The number of nitrogens with zero attached hydrogens (tertiary/aromatic N) is 1. The number of amides is 1. The Morgan fingerprint density at radius 3 is 2.10 bits per heavy atom. The van der Waals surface area contributed by atoms with Gasteiger partial charge >= 0.3 is 5.97 Å². The topological polar surface area (TPSA) is 94.9 Å². The van der Waals surface area contributed by atoms with Gasteiger partial charge in [-0.3, -0.25) is 14.4 Å². The molecule has 0 saturated carbocycles. The highest BCUT2D eigenvalue weighted by molar-refractivity contribution is 6.46. The lowest BCUT2D eigenvalue weighted by Crippen LogP contribution is -2.30. The molecular formula is C23H23NO5. The van der Waals surface area contributed by atoms with Crippen LogP contribution in [0.4, 0.5) is 0 Å². The number of ketones is 1. The first-order chi connectivity index (χ1) is 14.0. The lowest BCUT2D eigenvalue weighted by molar-refractivity contribution is -0.140. The first-order valence-electron chi connectivity index (χ1n) is 9.61. The minimum absolute atomic E-state index is 0.0783. The average Bonchev–Trinajstić information content (AvgIpc) is 2.99. The number of carboxylic acids is 1. The summed E-state index contributed by atoms with van der Waals surface area (Å²) in [4.78, 5) is 37.7. The van der Waals surface area contributed by atoms with E-state index < -0.39 is 23.7 Å². The fourth-order valence-corrected chi connectivity index (χ4v) is 3.58. The van der Waals surface area contributed by atoms with Gasteiger partial charge in [0.2, 0.25) is 0 Å². The third kappa shape index (κ3) is 4.54. The number of aliphatic hydroxyl groups is 1. The Morgan fingerprint density at radius 2 is 1.48 bits per heavy atom. The number of hydrogen-bond donors (Lipinski definition) is 2. The van der Waals surface area contributed by atoms with Gasteiger partial charge in [0.1, 0.15) is 5.76 Å². The van der Waals surface area contributed by atoms with Crippen molar-refractivity contribution in [1.29, 1.82) is 0 Å². The molecule has 0 radical (unpaired) electrons. The highest BCUT2D eigenvalue weighted by Gasteiger charge is 2.45. The van der Waals surface area contributed by atoms with Gasteiger partial charge < -0.3 is 15.1 Å². The second kappa shape index (κ2) is 9.19. The molecule has 1 fully saturated rings. The average molecular weight is 393 g/mol. The first kappa shape index (κ1) is 20.3. The third-order valence-corrected chi connectivity index (χ3v) is 4.99. The predicted octanol–water partition coefficient (Wildman–Crippen LogP) is 3.75. The molecule has 6 nitrogen and oxygen atoms in total. The molecule has 1 heterocycles. The molecule has 29 heavy (non-hydrogen) atoms. The number of Topliss-reactive ketones (excluding diaryl/α,β-unsaturated/α-hetero) is 1. The molecule has 1 unspecified atom stereocenters. The zero-order valence-electron chi connectivity index (χ0n) is 16.0. The van der Waals surface area contributed by atoms with Crippen LogP contribution >= 0.6 is 0 Å². The zero-order chi connectivity index (χ0) is 20.8. The van der Waals surface area contributed by atoms with Crippen molar-refractivity contribution in [2.45, 2.75) is 31.7 Å². The number of carbonyl (C=O) groups excluding carboxylic acids is 2. The fraction of sp³-hybridized carbons (Fsp3) is 0.261. The normalized spacial score (nSPS) is 18.2. The summed E-state index contributed by atoms with van der Waals surface area (Å²) in [5.74, 6) is -2.39. The Morgan fingerprint density at radius 1 is 0.862 bits per heavy atom. The molecule has 2 N–H and O–H groups in total. The second-order valence-corrected chi connectivity index (χ2v) is 6.97. The fourth-order valence-electron chi connectivity index (χ4n) is 3.58. The molecule has 2 aromatic carbocycles. The van der Waals surface area contributed by atoms with E-state index in [9.17, 15) is 19.5 Å². The van der Waals surface area contributed by atoms with E-state index in [-0.39, 0.29) is 17.8 Å². The number of carboxylic acid groups (broad SMARTS) is 1. The molecule has 1 saturated heterocycles. The Bertz CT molecular complexity index is 921. The van der Waals surface area contributed by atoms with E-state index >= 15 is 0 Å². The molecule has 1 aliphatic rings. The molecular weight excluding hydrogens is 370 g/mol. The standard InChI is InChI=1S/C23H23NO5/c25-18(26)14-8-3-9-15-24-20(16-10-4-1-5-11-16)19(22(28)23(24)29)21(27)17-12-6-2-7-13-17/h1-2,4-7,10-13,20,27H,3,8-9,14-15H2,(H,25,26)/b21-19-. The zero-order valence-corrected chi connectivity index (χ0v) is 16.0. The van der Waals surface area contributed by atoms with Crippen molar-refractivity contribution < 1.29 is 24.6 Å². The lowest BCUT2D eigenvalue weighted by atomic mass is 9.95. The van der Waals surface area contributed by atoms with Gasteiger partial charge in [-0.25, -0.2) is 0 Å². The van der Waals surface area contributed by atoms with E-state index in [2.05, 4.69) is 0 Å². The monoisotopic (exact) mass is 393 g/mol. The minimum Gasteiger partial charge on any atom is -0.507 e. The van der Waals surface area contributed by atoms with Gasteiger partial charge in [-0.1, -0.05) is 67.1 Å². The number of likely N-dealkylation sites (tertiary alicyclic amines) is 1. The lowest BCUT2D eigenvalue weighted by Gasteiger charge is -2.25. The van der Waals surface area contributed by atoms with Crippen LogP contribution in [0, 0.1) is 0 Å². The van der Waals surface area contributed by atoms with Gasteiger partial charge in [-0.2, -0.15) is 0 Å². The van der Waals surface area contributed by atoms with Crippen molar-refractivity contribution >= 4 is 23.4 Å². The molecule has 6 heteroatoms. The molecule has 2 aromatic rings. The first-order valence-corrected chi connectivity index (χ1v) is 9.61. The van der Waals surface area contributed by atoms with Crippen LogP contribution in [0.3, 0.4) is 0 Å². The highest BCUT2D eigenvalue weighted by Crippen LogP contribution is 2.39. The maximum absolute atomic E-state index is 12.8. The number of rotatable bonds is 8. The summed E-state index contributed by atoms with van der Waals surface area (Å²) in [7, 11) is 0. The van der Waals surface area contributed by atoms with Crippen LogP contribution in [0.2, 0.25) is 0 Å². The quantitative estimate of drug-likeness (QED) is 0.308. The summed E-state index contributed by atoms with van der Waals surface area (Å²) in [6.45, 7) is 0.315. The Hall–Kier alpha value is -3.41. The van der Waals surface area contributed by atoms with Gasteiger partial charge in [0.15, 0.2) is 0 Å². The Balaban J connectivity index is 1.93. The summed E-state index contributed by atoms with van der Waals surface area (Å²) < 4.78 is 0. The maximum Gasteiger partial charge on any atom is 0.303 e. The third-order valence-electron chi connectivity index (χ3n) is 4.99. The van der Waals surface area contributed by atoms with Gasteiger partial charge in [0.25, 0.3) is 11.7 Å². The highest BCUT2D eigenvalue weighted by atomic mass is 16.4. The van der Waals surface area contributed by atoms with Gasteiger partial charge in [-0.05, 0) is 18.4 Å². The second-order valence-electron chi connectivity index (χ2n) is 6.97. The summed E-state index contributed by atoms with van der Waals surface area (Å²) in [6.07, 6.45) is 1.80. The number of hydrogen-bond acceptors (Lipinski definition) is 4. The van der Waals surface area contributed by atoms with E-state index in [1.54, 1.807) is 30.3 Å².